The predicted octanol–water partition coefficient (Wildman–Crippen LogP) is 5.86. The van der Waals surface area contributed by atoms with E-state index in [-0.39, 0.29) is 23.8 Å². The molecular formula is C31H34N6O3. The summed E-state index contributed by atoms with van der Waals surface area (Å²) in [4.78, 5) is 31.9. The predicted molar refractivity (Wildman–Crippen MR) is 155 cm³/mol. The molecule has 0 bridgehead atoms. The second-order valence-corrected chi connectivity index (χ2v) is 11.1. The van der Waals surface area contributed by atoms with Crippen molar-refractivity contribution in [2.24, 2.45) is 5.92 Å². The number of benzene rings is 2. The molecular weight excluding hydrogens is 504 g/mol. The molecule has 206 valence electrons. The van der Waals surface area contributed by atoms with Gasteiger partial charge in [-0.15, -0.1) is 0 Å². The summed E-state index contributed by atoms with van der Waals surface area (Å²) in [6.45, 7) is 7.80. The molecule has 1 aliphatic carbocycles. The van der Waals surface area contributed by atoms with Crippen LogP contribution >= 0.6 is 0 Å². The number of aromatic nitrogens is 3. The highest BCUT2D eigenvalue weighted by molar-refractivity contribution is 6.04. The van der Waals surface area contributed by atoms with Crippen molar-refractivity contribution in [2.75, 3.05) is 23.7 Å². The number of fused-ring (bicyclic) bond motifs is 1. The van der Waals surface area contributed by atoms with E-state index in [2.05, 4.69) is 52.7 Å². The van der Waals surface area contributed by atoms with Gasteiger partial charge in [0, 0.05) is 48.6 Å². The first-order chi connectivity index (χ1) is 19.4. The maximum absolute atomic E-state index is 13.1. The number of likely N-dealkylation sites (tertiary alicyclic amines) is 1. The smallest absolute Gasteiger partial charge is 0.255 e. The number of nitrogens with one attached hydrogen (secondary N) is 3. The van der Waals surface area contributed by atoms with E-state index in [0.717, 1.165) is 42.4 Å². The summed E-state index contributed by atoms with van der Waals surface area (Å²) in [6, 6.07) is 15.0. The molecule has 6 rings (SSSR count). The SMILES string of the molecule is Cc1cc(NC(=O)c2cccc(Oc3ccnc4[nH]nc(N[C@H]5CCN(C(=O)C6CC6)C5)c34)c2)ccc1C(C)C. The second-order valence-electron chi connectivity index (χ2n) is 11.1. The average Bonchev–Trinajstić information content (AvgIpc) is 3.55. The summed E-state index contributed by atoms with van der Waals surface area (Å²) in [5.41, 5.74) is 4.26. The largest absolute Gasteiger partial charge is 0.456 e. The van der Waals surface area contributed by atoms with Gasteiger partial charge >= 0.3 is 0 Å². The molecule has 1 saturated heterocycles. The Balaban J connectivity index is 1.17. The van der Waals surface area contributed by atoms with Gasteiger partial charge in [-0.3, -0.25) is 14.7 Å². The lowest BCUT2D eigenvalue weighted by Crippen LogP contribution is -2.32. The van der Waals surface area contributed by atoms with E-state index in [1.165, 1.54) is 5.56 Å². The number of anilines is 2. The van der Waals surface area contributed by atoms with Crippen molar-refractivity contribution >= 4 is 34.4 Å². The third-order valence-corrected chi connectivity index (χ3v) is 7.66. The van der Waals surface area contributed by atoms with Crippen LogP contribution in [0.25, 0.3) is 11.0 Å². The Kier molecular flexibility index (Phi) is 6.88. The van der Waals surface area contributed by atoms with E-state index in [1.807, 2.05) is 23.1 Å². The van der Waals surface area contributed by atoms with Crippen molar-refractivity contribution in [1.29, 1.82) is 0 Å². The lowest BCUT2D eigenvalue weighted by Gasteiger charge is -2.17. The number of hydrogen-bond acceptors (Lipinski definition) is 6. The highest BCUT2D eigenvalue weighted by Crippen LogP contribution is 2.35. The summed E-state index contributed by atoms with van der Waals surface area (Å²) < 4.78 is 6.27. The van der Waals surface area contributed by atoms with E-state index in [1.54, 1.807) is 30.5 Å². The first-order valence-electron chi connectivity index (χ1n) is 13.9. The zero-order valence-electron chi connectivity index (χ0n) is 23.0. The van der Waals surface area contributed by atoms with Gasteiger partial charge in [0.05, 0.1) is 0 Å². The fourth-order valence-corrected chi connectivity index (χ4v) is 5.40. The minimum atomic E-state index is -0.209. The lowest BCUT2D eigenvalue weighted by molar-refractivity contribution is -0.131. The summed E-state index contributed by atoms with van der Waals surface area (Å²) >= 11 is 0. The maximum Gasteiger partial charge on any atom is 0.255 e. The molecule has 3 N–H and O–H groups in total. The van der Waals surface area contributed by atoms with Gasteiger partial charge in [-0.2, -0.15) is 5.10 Å². The van der Waals surface area contributed by atoms with Gasteiger partial charge in [0.2, 0.25) is 5.91 Å². The van der Waals surface area contributed by atoms with Gasteiger partial charge in [-0.25, -0.2) is 4.98 Å². The molecule has 2 aliphatic rings. The molecule has 4 aromatic rings. The normalized spacial score (nSPS) is 16.9. The Morgan fingerprint density at radius 3 is 2.73 bits per heavy atom. The number of amides is 2. The van der Waals surface area contributed by atoms with Crippen LogP contribution in [0.4, 0.5) is 11.5 Å². The lowest BCUT2D eigenvalue weighted by atomic mass is 9.97. The zero-order valence-corrected chi connectivity index (χ0v) is 23.0. The number of pyridine rings is 1. The summed E-state index contributed by atoms with van der Waals surface area (Å²) in [7, 11) is 0. The Hall–Kier alpha value is -4.40. The summed E-state index contributed by atoms with van der Waals surface area (Å²) in [5.74, 6) is 2.45. The average molecular weight is 539 g/mol. The number of carbonyl (C=O) groups excluding carboxylic acids is 2. The van der Waals surface area contributed by atoms with E-state index < -0.39 is 0 Å². The van der Waals surface area contributed by atoms with E-state index in [9.17, 15) is 9.59 Å². The number of H-pyrrole nitrogens is 1. The number of ether oxygens (including phenoxy) is 1. The Bertz CT molecular complexity index is 1570. The van der Waals surface area contributed by atoms with Crippen molar-refractivity contribution in [1.82, 2.24) is 20.1 Å². The number of carbonyl (C=O) groups is 2. The number of aromatic amines is 1. The van der Waals surface area contributed by atoms with Crippen LogP contribution in [0.3, 0.4) is 0 Å². The number of aryl methyl sites for hydroxylation is 1. The molecule has 1 atom stereocenters. The highest BCUT2D eigenvalue weighted by Gasteiger charge is 2.36. The van der Waals surface area contributed by atoms with E-state index in [4.69, 9.17) is 4.74 Å². The third kappa shape index (κ3) is 5.36. The molecule has 2 fully saturated rings. The van der Waals surface area contributed by atoms with Crippen LogP contribution in [-0.4, -0.2) is 51.0 Å². The summed E-state index contributed by atoms with van der Waals surface area (Å²) in [6.07, 6.45) is 4.54. The van der Waals surface area contributed by atoms with Gasteiger partial charge in [-0.1, -0.05) is 26.0 Å². The number of rotatable bonds is 8. The van der Waals surface area contributed by atoms with Gasteiger partial charge < -0.3 is 20.3 Å². The van der Waals surface area contributed by atoms with Gasteiger partial charge in [0.15, 0.2) is 11.5 Å². The molecule has 2 aromatic carbocycles. The second kappa shape index (κ2) is 10.6. The highest BCUT2D eigenvalue weighted by atomic mass is 16.5. The Morgan fingerprint density at radius 1 is 1.10 bits per heavy atom. The number of nitrogens with zero attached hydrogens (tertiary/aromatic N) is 3. The molecule has 1 aliphatic heterocycles. The monoisotopic (exact) mass is 538 g/mol. The Morgan fingerprint density at radius 2 is 1.95 bits per heavy atom. The van der Waals surface area contributed by atoms with Crippen LogP contribution in [0.15, 0.2) is 54.7 Å². The number of hydrogen-bond donors (Lipinski definition) is 3. The van der Waals surface area contributed by atoms with Crippen molar-refractivity contribution < 1.29 is 14.3 Å². The molecule has 0 radical (unpaired) electrons. The summed E-state index contributed by atoms with van der Waals surface area (Å²) in [5, 5.41) is 14.6. The van der Waals surface area contributed by atoms with Crippen molar-refractivity contribution in [3.63, 3.8) is 0 Å². The molecule has 9 heteroatoms. The van der Waals surface area contributed by atoms with Crippen LogP contribution in [0.2, 0.25) is 0 Å². The quantitative estimate of drug-likeness (QED) is 0.259. The minimum Gasteiger partial charge on any atom is -0.456 e. The van der Waals surface area contributed by atoms with Gasteiger partial charge in [-0.05, 0) is 73.6 Å². The molecule has 2 amide bonds. The first-order valence-corrected chi connectivity index (χ1v) is 13.9. The van der Waals surface area contributed by atoms with Crippen LogP contribution in [0.1, 0.15) is 60.5 Å². The minimum absolute atomic E-state index is 0.104. The topological polar surface area (TPSA) is 112 Å². The maximum atomic E-state index is 13.1. The fraction of sp³-hybridized carbons (Fsp3) is 0.355. The zero-order chi connectivity index (χ0) is 27.8. The van der Waals surface area contributed by atoms with Crippen LogP contribution in [-0.2, 0) is 4.79 Å². The molecule has 1 saturated carbocycles. The molecule has 9 nitrogen and oxygen atoms in total. The molecule has 0 unspecified atom stereocenters. The van der Waals surface area contributed by atoms with Gasteiger partial charge in [0.1, 0.15) is 16.9 Å². The molecule has 0 spiro atoms. The molecule has 2 aromatic heterocycles. The van der Waals surface area contributed by atoms with E-state index in [0.29, 0.717) is 41.0 Å². The van der Waals surface area contributed by atoms with E-state index >= 15 is 0 Å². The Labute approximate surface area is 233 Å². The fourth-order valence-electron chi connectivity index (χ4n) is 5.40. The molecule has 40 heavy (non-hydrogen) atoms. The van der Waals surface area contributed by atoms with Crippen LogP contribution < -0.4 is 15.4 Å². The standard InChI is InChI=1S/C31H34N6O3/c1-18(2)25-10-9-22(15-19(25)3)34-30(38)21-5-4-6-24(16-21)40-26-11-13-32-28-27(26)29(36-35-28)33-23-12-14-37(17-23)31(39)20-7-8-20/h4-6,9-11,13,15-16,18,20,23H,7-8,12,14,17H2,1-3H3,(H,34,38)(H2,32,33,35,36)/t23-/m0/s1. The third-order valence-electron chi connectivity index (χ3n) is 7.66. The van der Waals surface area contributed by atoms with Crippen LogP contribution in [0, 0.1) is 12.8 Å². The van der Waals surface area contributed by atoms with Crippen LogP contribution in [0.5, 0.6) is 11.5 Å². The van der Waals surface area contributed by atoms with Crippen molar-refractivity contribution in [3.8, 4) is 11.5 Å². The molecule has 3 heterocycles. The first kappa shape index (κ1) is 25.9. The van der Waals surface area contributed by atoms with Gasteiger partial charge in [0.25, 0.3) is 5.91 Å². The van der Waals surface area contributed by atoms with Crippen molar-refractivity contribution in [2.45, 2.75) is 52.0 Å². The van der Waals surface area contributed by atoms with Crippen molar-refractivity contribution in [3.05, 3.63) is 71.4 Å².